The second kappa shape index (κ2) is 11.8. The van der Waals surface area contributed by atoms with Gasteiger partial charge in [-0.15, -0.1) is 0 Å². The van der Waals surface area contributed by atoms with Crippen molar-refractivity contribution in [1.82, 2.24) is 9.80 Å². The van der Waals surface area contributed by atoms with Gasteiger partial charge in [0.15, 0.2) is 0 Å². The fraction of sp³-hybridized carbons (Fsp3) is 0.481. The average molecular weight is 433 g/mol. The number of nitrogens with zero attached hydrogens (tertiary/aromatic N) is 4. The van der Waals surface area contributed by atoms with E-state index in [0.717, 1.165) is 50.3 Å². The predicted octanol–water partition coefficient (Wildman–Crippen LogP) is 4.39. The lowest BCUT2D eigenvalue weighted by atomic mass is 9.96. The Morgan fingerprint density at radius 1 is 1.09 bits per heavy atom. The molecule has 0 saturated carbocycles. The average Bonchev–Trinajstić information content (AvgIpc) is 2.78. The van der Waals surface area contributed by atoms with E-state index in [4.69, 9.17) is 5.26 Å². The van der Waals surface area contributed by atoms with E-state index < -0.39 is 0 Å². The van der Waals surface area contributed by atoms with E-state index in [0.29, 0.717) is 25.4 Å². The zero-order chi connectivity index (χ0) is 22.9. The Hall–Kier alpha value is -2.68. The molecule has 0 aromatic heterocycles. The second-order valence-electron chi connectivity index (χ2n) is 9.12. The van der Waals surface area contributed by atoms with E-state index in [1.54, 1.807) is 4.90 Å². The van der Waals surface area contributed by atoms with Crippen molar-refractivity contribution in [2.75, 3.05) is 44.7 Å². The zero-order valence-electron chi connectivity index (χ0n) is 19.8. The lowest BCUT2D eigenvalue weighted by Gasteiger charge is -2.34. The molecule has 5 nitrogen and oxygen atoms in total. The van der Waals surface area contributed by atoms with Crippen LogP contribution in [-0.2, 0) is 11.3 Å². The number of hydrogen-bond acceptors (Lipinski definition) is 4. The third kappa shape index (κ3) is 6.91. The van der Waals surface area contributed by atoms with Gasteiger partial charge in [-0.2, -0.15) is 5.26 Å². The molecule has 1 fully saturated rings. The number of carbonyl (C=O) groups is 1. The molecular weight excluding hydrogens is 396 g/mol. The van der Waals surface area contributed by atoms with E-state index in [9.17, 15) is 4.79 Å². The lowest BCUT2D eigenvalue weighted by molar-refractivity contribution is -0.120. The maximum absolute atomic E-state index is 13.1. The zero-order valence-corrected chi connectivity index (χ0v) is 19.8. The third-order valence-corrected chi connectivity index (χ3v) is 6.48. The molecule has 0 N–H and O–H groups in total. The normalized spacial score (nSPS) is 15.0. The molecule has 1 aliphatic rings. The molecule has 1 amide bonds. The summed E-state index contributed by atoms with van der Waals surface area (Å²) in [7, 11) is 2.19. The van der Waals surface area contributed by atoms with Crippen molar-refractivity contribution in [3.05, 3.63) is 65.2 Å². The third-order valence-electron chi connectivity index (χ3n) is 6.48. The van der Waals surface area contributed by atoms with Crippen LogP contribution in [0.25, 0.3) is 0 Å². The van der Waals surface area contributed by atoms with Gasteiger partial charge >= 0.3 is 0 Å². The first-order valence-electron chi connectivity index (χ1n) is 11.7. The molecule has 0 radical (unpaired) electrons. The molecule has 0 unspecified atom stereocenters. The summed E-state index contributed by atoms with van der Waals surface area (Å²) in [5, 5.41) is 9.06. The van der Waals surface area contributed by atoms with Gasteiger partial charge in [0.2, 0.25) is 5.91 Å². The number of nitriles is 1. The highest BCUT2D eigenvalue weighted by molar-refractivity contribution is 5.95. The number of hydrogen-bond donors (Lipinski definition) is 0. The van der Waals surface area contributed by atoms with Gasteiger partial charge in [0.25, 0.3) is 0 Å². The Labute approximate surface area is 193 Å². The first-order valence-corrected chi connectivity index (χ1v) is 11.7. The quantitative estimate of drug-likeness (QED) is 0.590. The van der Waals surface area contributed by atoms with Crippen LogP contribution in [0.2, 0.25) is 0 Å². The molecule has 0 bridgehead atoms. The molecule has 0 spiro atoms. The van der Waals surface area contributed by atoms with Gasteiger partial charge in [-0.05, 0) is 81.6 Å². The fourth-order valence-corrected chi connectivity index (χ4v) is 4.46. The summed E-state index contributed by atoms with van der Waals surface area (Å²) in [5.41, 5.74) is 4.62. The number of piperidine rings is 1. The minimum atomic E-state index is 0.0862. The maximum Gasteiger partial charge on any atom is 0.241 e. The van der Waals surface area contributed by atoms with E-state index in [1.807, 2.05) is 6.07 Å². The van der Waals surface area contributed by atoms with Crippen molar-refractivity contribution in [2.45, 2.75) is 39.7 Å². The lowest BCUT2D eigenvalue weighted by Crippen LogP contribution is -2.45. The van der Waals surface area contributed by atoms with Gasteiger partial charge in [-0.25, -0.2) is 0 Å². The van der Waals surface area contributed by atoms with Crippen LogP contribution in [-0.4, -0.2) is 55.5 Å². The van der Waals surface area contributed by atoms with Crippen molar-refractivity contribution in [3.8, 4) is 6.07 Å². The molecule has 1 aliphatic heterocycles. The van der Waals surface area contributed by atoms with Crippen molar-refractivity contribution in [2.24, 2.45) is 5.92 Å². The summed E-state index contributed by atoms with van der Waals surface area (Å²) in [6.45, 7) is 8.97. The molecule has 32 heavy (non-hydrogen) atoms. The van der Waals surface area contributed by atoms with E-state index >= 15 is 0 Å². The minimum absolute atomic E-state index is 0.0862. The monoisotopic (exact) mass is 432 g/mol. The van der Waals surface area contributed by atoms with E-state index in [2.05, 4.69) is 79.2 Å². The fourth-order valence-electron chi connectivity index (χ4n) is 4.46. The number of carbonyl (C=O) groups excluding carboxylic acids is 1. The summed E-state index contributed by atoms with van der Waals surface area (Å²) in [6, 6.07) is 18.9. The van der Waals surface area contributed by atoms with Crippen LogP contribution in [0.15, 0.2) is 48.5 Å². The van der Waals surface area contributed by atoms with E-state index in [-0.39, 0.29) is 5.91 Å². The highest BCUT2D eigenvalue weighted by Gasteiger charge is 2.24. The predicted molar refractivity (Wildman–Crippen MR) is 130 cm³/mol. The summed E-state index contributed by atoms with van der Waals surface area (Å²) in [5.74, 6) is 0.757. The minimum Gasteiger partial charge on any atom is -0.310 e. The molecule has 5 heteroatoms. The number of rotatable bonds is 9. The van der Waals surface area contributed by atoms with E-state index in [1.165, 1.54) is 11.1 Å². The molecule has 1 heterocycles. The Morgan fingerprint density at radius 3 is 2.47 bits per heavy atom. The van der Waals surface area contributed by atoms with Crippen LogP contribution in [0.4, 0.5) is 5.69 Å². The molecular formula is C27H36N4O. The molecule has 1 saturated heterocycles. The molecule has 0 aliphatic carbocycles. The summed E-state index contributed by atoms with van der Waals surface area (Å²) >= 11 is 0. The van der Waals surface area contributed by atoms with Gasteiger partial charge in [-0.1, -0.05) is 36.4 Å². The SMILES string of the molecule is Cc1ccc(N(CCC#N)C(=O)CN2CCC(CN(C)Cc3ccccc3)CC2)cc1C. The Bertz CT molecular complexity index is 913. The van der Waals surface area contributed by atoms with Crippen LogP contribution in [0.3, 0.4) is 0 Å². The van der Waals surface area contributed by atoms with Crippen LogP contribution < -0.4 is 4.90 Å². The summed E-state index contributed by atoms with van der Waals surface area (Å²) in [4.78, 5) is 19.6. The molecule has 0 atom stereocenters. The highest BCUT2D eigenvalue weighted by atomic mass is 16.2. The molecule has 170 valence electrons. The van der Waals surface area contributed by atoms with Gasteiger partial charge in [-0.3, -0.25) is 9.69 Å². The first kappa shape index (κ1) is 24.0. The number of amides is 1. The smallest absolute Gasteiger partial charge is 0.241 e. The molecule has 2 aromatic carbocycles. The first-order chi connectivity index (χ1) is 15.5. The number of anilines is 1. The van der Waals surface area contributed by atoms with Crippen molar-refractivity contribution >= 4 is 11.6 Å². The Balaban J connectivity index is 1.50. The maximum atomic E-state index is 13.1. The largest absolute Gasteiger partial charge is 0.310 e. The summed E-state index contributed by atoms with van der Waals surface area (Å²) < 4.78 is 0. The second-order valence-corrected chi connectivity index (χ2v) is 9.12. The number of benzene rings is 2. The van der Waals surface area contributed by atoms with Gasteiger partial charge in [0, 0.05) is 25.3 Å². The van der Waals surface area contributed by atoms with Crippen LogP contribution >= 0.6 is 0 Å². The van der Waals surface area contributed by atoms with Crippen molar-refractivity contribution in [3.63, 3.8) is 0 Å². The van der Waals surface area contributed by atoms with Gasteiger partial charge < -0.3 is 9.80 Å². The Morgan fingerprint density at radius 2 is 1.81 bits per heavy atom. The van der Waals surface area contributed by atoms with Crippen LogP contribution in [0.5, 0.6) is 0 Å². The Kier molecular flexibility index (Phi) is 8.84. The van der Waals surface area contributed by atoms with Gasteiger partial charge in [0.1, 0.15) is 0 Å². The number of likely N-dealkylation sites (tertiary alicyclic amines) is 1. The van der Waals surface area contributed by atoms with Gasteiger partial charge in [0.05, 0.1) is 19.0 Å². The summed E-state index contributed by atoms with van der Waals surface area (Å²) in [6.07, 6.45) is 2.58. The molecule has 2 aromatic rings. The van der Waals surface area contributed by atoms with Crippen molar-refractivity contribution in [1.29, 1.82) is 5.26 Å². The topological polar surface area (TPSA) is 50.6 Å². The standard InChI is InChI=1S/C27H36N4O/c1-22-10-11-26(18-23(22)2)31(15-7-14-28)27(32)21-30-16-12-25(13-17-30)20-29(3)19-24-8-5-4-6-9-24/h4-6,8-11,18,25H,7,12-13,15-17,19-21H2,1-3H3. The number of aryl methyl sites for hydroxylation is 2. The van der Waals surface area contributed by atoms with Crippen molar-refractivity contribution < 1.29 is 4.79 Å². The van der Waals surface area contributed by atoms with Crippen LogP contribution in [0, 0.1) is 31.1 Å². The molecule has 3 rings (SSSR count). The highest BCUT2D eigenvalue weighted by Crippen LogP contribution is 2.22. The van der Waals surface area contributed by atoms with Crippen LogP contribution in [0.1, 0.15) is 36.0 Å².